The van der Waals surface area contributed by atoms with Crippen LogP contribution in [0, 0.1) is 5.92 Å². The number of aryl methyl sites for hydroxylation is 1. The highest BCUT2D eigenvalue weighted by Crippen LogP contribution is 2.28. The molecule has 1 aliphatic rings. The smallest absolute Gasteiger partial charge is 0.229 e. The molecule has 1 aliphatic heterocycles. The topological polar surface area (TPSA) is 46.1 Å². The second-order valence-corrected chi connectivity index (χ2v) is 4.99. The third-order valence-corrected chi connectivity index (χ3v) is 4.06. The molecule has 4 nitrogen and oxygen atoms in total. The fourth-order valence-corrected chi connectivity index (χ4v) is 2.63. The van der Waals surface area contributed by atoms with Gasteiger partial charge in [0.1, 0.15) is 5.01 Å². The van der Waals surface area contributed by atoms with Gasteiger partial charge in [-0.1, -0.05) is 18.3 Å². The highest BCUT2D eigenvalue weighted by molar-refractivity contribution is 7.80. The molecule has 6 heteroatoms. The van der Waals surface area contributed by atoms with Crippen LogP contribution >= 0.6 is 24.0 Å². The summed E-state index contributed by atoms with van der Waals surface area (Å²) >= 11 is 5.73. The number of hydrogen-bond donors (Lipinski definition) is 1. The van der Waals surface area contributed by atoms with Crippen molar-refractivity contribution in [1.29, 1.82) is 0 Å². The Bertz CT molecular complexity index is 366. The molecule has 82 valence electrons. The number of amides is 1. The SMILES string of the molecule is CCc1nnc(N2CC(CS)CC2=O)s1. The highest BCUT2D eigenvalue weighted by atomic mass is 32.1. The Labute approximate surface area is 98.1 Å². The first-order valence-corrected chi connectivity index (χ1v) is 6.43. The third kappa shape index (κ3) is 2.15. The maximum Gasteiger partial charge on any atom is 0.229 e. The summed E-state index contributed by atoms with van der Waals surface area (Å²) in [5, 5.41) is 9.77. The van der Waals surface area contributed by atoms with Crippen molar-refractivity contribution in [3.05, 3.63) is 5.01 Å². The van der Waals surface area contributed by atoms with Crippen molar-refractivity contribution < 1.29 is 4.79 Å². The lowest BCUT2D eigenvalue weighted by atomic mass is 10.1. The van der Waals surface area contributed by atoms with Crippen molar-refractivity contribution >= 4 is 35.0 Å². The summed E-state index contributed by atoms with van der Waals surface area (Å²) in [4.78, 5) is 13.4. The van der Waals surface area contributed by atoms with Gasteiger partial charge in [0.05, 0.1) is 0 Å². The molecule has 1 amide bonds. The van der Waals surface area contributed by atoms with E-state index in [-0.39, 0.29) is 5.91 Å². The number of carbonyl (C=O) groups excluding carboxylic acids is 1. The maximum absolute atomic E-state index is 11.7. The number of nitrogens with zero attached hydrogens (tertiary/aromatic N) is 3. The first-order valence-electron chi connectivity index (χ1n) is 4.98. The zero-order valence-electron chi connectivity index (χ0n) is 8.51. The van der Waals surface area contributed by atoms with E-state index in [1.807, 2.05) is 6.92 Å². The molecule has 0 radical (unpaired) electrons. The van der Waals surface area contributed by atoms with E-state index in [0.717, 1.165) is 28.9 Å². The van der Waals surface area contributed by atoms with Crippen molar-refractivity contribution in [2.24, 2.45) is 5.92 Å². The minimum atomic E-state index is 0.146. The molecule has 0 saturated carbocycles. The summed E-state index contributed by atoms with van der Waals surface area (Å²) in [6, 6.07) is 0. The zero-order chi connectivity index (χ0) is 10.8. The molecule has 1 fully saturated rings. The largest absolute Gasteiger partial charge is 0.286 e. The van der Waals surface area contributed by atoms with E-state index in [1.54, 1.807) is 4.90 Å². The third-order valence-electron chi connectivity index (χ3n) is 2.45. The van der Waals surface area contributed by atoms with E-state index < -0.39 is 0 Å². The fraction of sp³-hybridized carbons (Fsp3) is 0.667. The van der Waals surface area contributed by atoms with Crippen LogP contribution in [0.5, 0.6) is 0 Å². The van der Waals surface area contributed by atoms with Gasteiger partial charge in [0.25, 0.3) is 0 Å². The molecule has 2 heterocycles. The summed E-state index contributed by atoms with van der Waals surface area (Å²) in [6.45, 7) is 2.77. The first kappa shape index (κ1) is 10.9. The molecule has 1 aromatic heterocycles. The molecule has 0 spiro atoms. The Morgan fingerprint density at radius 3 is 2.93 bits per heavy atom. The van der Waals surface area contributed by atoms with Crippen LogP contribution in [0.3, 0.4) is 0 Å². The molecule has 0 aromatic carbocycles. The Hall–Kier alpha value is -0.620. The van der Waals surface area contributed by atoms with Crippen LogP contribution in [0.1, 0.15) is 18.4 Å². The average molecular weight is 243 g/mol. The van der Waals surface area contributed by atoms with Crippen molar-refractivity contribution in [2.75, 3.05) is 17.2 Å². The van der Waals surface area contributed by atoms with Gasteiger partial charge < -0.3 is 0 Å². The van der Waals surface area contributed by atoms with Crippen molar-refractivity contribution in [1.82, 2.24) is 10.2 Å². The Morgan fingerprint density at radius 1 is 1.60 bits per heavy atom. The lowest BCUT2D eigenvalue weighted by Gasteiger charge is -2.10. The molecule has 1 saturated heterocycles. The molecular formula is C9H13N3OS2. The van der Waals surface area contributed by atoms with Crippen molar-refractivity contribution in [3.8, 4) is 0 Å². The van der Waals surface area contributed by atoms with Gasteiger partial charge in [0.2, 0.25) is 11.0 Å². The molecule has 15 heavy (non-hydrogen) atoms. The van der Waals surface area contributed by atoms with Gasteiger partial charge in [0.15, 0.2) is 0 Å². The minimum absolute atomic E-state index is 0.146. The van der Waals surface area contributed by atoms with E-state index in [1.165, 1.54) is 11.3 Å². The van der Waals surface area contributed by atoms with E-state index >= 15 is 0 Å². The Balaban J connectivity index is 2.14. The normalized spacial score (nSPS) is 21.3. The van der Waals surface area contributed by atoms with Crippen molar-refractivity contribution in [3.63, 3.8) is 0 Å². The first-order chi connectivity index (χ1) is 7.24. The quantitative estimate of drug-likeness (QED) is 0.816. The van der Waals surface area contributed by atoms with Gasteiger partial charge >= 0.3 is 0 Å². The van der Waals surface area contributed by atoms with Gasteiger partial charge in [-0.2, -0.15) is 12.6 Å². The van der Waals surface area contributed by atoms with Crippen LogP contribution in [0.4, 0.5) is 5.13 Å². The zero-order valence-corrected chi connectivity index (χ0v) is 10.2. The molecule has 1 aromatic rings. The number of aromatic nitrogens is 2. The second-order valence-electron chi connectivity index (χ2n) is 3.59. The molecular weight excluding hydrogens is 230 g/mol. The minimum Gasteiger partial charge on any atom is -0.286 e. The van der Waals surface area contributed by atoms with Crippen LogP contribution < -0.4 is 4.90 Å². The van der Waals surface area contributed by atoms with Crippen molar-refractivity contribution in [2.45, 2.75) is 19.8 Å². The lowest BCUT2D eigenvalue weighted by Crippen LogP contribution is -2.24. The van der Waals surface area contributed by atoms with E-state index in [4.69, 9.17) is 0 Å². The summed E-state index contributed by atoms with van der Waals surface area (Å²) < 4.78 is 0. The van der Waals surface area contributed by atoms with Gasteiger partial charge in [-0.3, -0.25) is 9.69 Å². The fourth-order valence-electron chi connectivity index (χ4n) is 1.59. The standard InChI is InChI=1S/C9H13N3OS2/c1-2-7-10-11-9(15-7)12-4-6(5-14)3-8(12)13/h6,14H,2-5H2,1H3. The molecule has 0 aliphatic carbocycles. The summed E-state index contributed by atoms with van der Waals surface area (Å²) in [5.41, 5.74) is 0. The molecule has 1 unspecified atom stereocenters. The highest BCUT2D eigenvalue weighted by Gasteiger charge is 2.31. The number of rotatable bonds is 3. The monoisotopic (exact) mass is 243 g/mol. The van der Waals surface area contributed by atoms with Crippen LogP contribution in [-0.4, -0.2) is 28.4 Å². The van der Waals surface area contributed by atoms with Gasteiger partial charge in [-0.15, -0.1) is 10.2 Å². The maximum atomic E-state index is 11.7. The number of carbonyl (C=O) groups is 1. The number of thiol groups is 1. The Morgan fingerprint density at radius 2 is 2.40 bits per heavy atom. The molecule has 0 bridgehead atoms. The van der Waals surface area contributed by atoms with Crippen LogP contribution in [-0.2, 0) is 11.2 Å². The lowest BCUT2D eigenvalue weighted by molar-refractivity contribution is -0.117. The number of hydrogen-bond acceptors (Lipinski definition) is 5. The van der Waals surface area contributed by atoms with Crippen LogP contribution in [0.2, 0.25) is 0 Å². The summed E-state index contributed by atoms with van der Waals surface area (Å²) in [6.07, 6.45) is 1.46. The summed E-state index contributed by atoms with van der Waals surface area (Å²) in [5.74, 6) is 1.25. The predicted molar refractivity (Wildman–Crippen MR) is 63.6 cm³/mol. The summed E-state index contributed by atoms with van der Waals surface area (Å²) in [7, 11) is 0. The van der Waals surface area contributed by atoms with Crippen LogP contribution in [0.25, 0.3) is 0 Å². The molecule has 0 N–H and O–H groups in total. The van der Waals surface area contributed by atoms with Gasteiger partial charge in [-0.25, -0.2) is 0 Å². The van der Waals surface area contributed by atoms with Gasteiger partial charge in [-0.05, 0) is 18.1 Å². The van der Waals surface area contributed by atoms with Gasteiger partial charge in [0, 0.05) is 13.0 Å². The second kappa shape index (κ2) is 4.49. The molecule has 1 atom stereocenters. The number of anilines is 1. The van der Waals surface area contributed by atoms with E-state index in [2.05, 4.69) is 22.8 Å². The molecule has 2 rings (SSSR count). The van der Waals surface area contributed by atoms with E-state index in [0.29, 0.717) is 12.3 Å². The van der Waals surface area contributed by atoms with E-state index in [9.17, 15) is 4.79 Å². The average Bonchev–Trinajstić information content (AvgIpc) is 2.83. The Kier molecular flexibility index (Phi) is 3.25. The van der Waals surface area contributed by atoms with Crippen LogP contribution in [0.15, 0.2) is 0 Å². The predicted octanol–water partition coefficient (Wildman–Crippen LogP) is 1.38.